The number of benzene rings is 8. The number of aromatic nitrogens is 3. The Balaban J connectivity index is 1.16. The molecule has 3 nitrogen and oxygen atoms in total. The van der Waals surface area contributed by atoms with Gasteiger partial charge in [0, 0.05) is 48.0 Å². The van der Waals surface area contributed by atoms with Gasteiger partial charge in [-0.15, -0.1) is 0 Å². The van der Waals surface area contributed by atoms with Gasteiger partial charge < -0.3 is 0 Å². The molecular weight excluding hydrogens is 747 g/mol. The average molecular weight is 780 g/mol. The second kappa shape index (κ2) is 12.8. The summed E-state index contributed by atoms with van der Waals surface area (Å²) in [6, 6.07) is 72.5. The van der Waals surface area contributed by atoms with E-state index in [0.717, 1.165) is 71.9 Å². The Hall–Kier alpha value is -7.40. The van der Waals surface area contributed by atoms with E-state index in [4.69, 9.17) is 15.0 Å². The lowest BCUT2D eigenvalue weighted by atomic mass is 9.67. The Morgan fingerprint density at radius 3 is 1.68 bits per heavy atom. The van der Waals surface area contributed by atoms with Gasteiger partial charge in [-0.2, -0.15) is 0 Å². The Morgan fingerprint density at radius 2 is 0.950 bits per heavy atom. The zero-order valence-electron chi connectivity index (χ0n) is 32.3. The Morgan fingerprint density at radius 1 is 0.367 bits per heavy atom. The maximum Gasteiger partial charge on any atom is 0.0972 e. The molecule has 2 aliphatic rings. The molecule has 60 heavy (non-hydrogen) atoms. The van der Waals surface area contributed by atoms with Gasteiger partial charge >= 0.3 is 0 Å². The molecule has 0 saturated carbocycles. The van der Waals surface area contributed by atoms with Crippen LogP contribution in [0.2, 0.25) is 0 Å². The van der Waals surface area contributed by atoms with Crippen molar-refractivity contribution < 1.29 is 0 Å². The van der Waals surface area contributed by atoms with Crippen LogP contribution in [0, 0.1) is 0 Å². The van der Waals surface area contributed by atoms with Crippen LogP contribution in [-0.2, 0) is 5.41 Å². The third-order valence-electron chi connectivity index (χ3n) is 12.7. The molecule has 4 heteroatoms. The third-order valence-corrected chi connectivity index (χ3v) is 13.8. The highest BCUT2D eigenvalue weighted by molar-refractivity contribution is 7.99. The zero-order valence-corrected chi connectivity index (χ0v) is 33.1. The highest BCUT2D eigenvalue weighted by Crippen LogP contribution is 2.64. The molecule has 0 amide bonds. The Labute approximate surface area is 351 Å². The minimum absolute atomic E-state index is 0.569. The van der Waals surface area contributed by atoms with E-state index in [1.54, 1.807) is 0 Å². The summed E-state index contributed by atoms with van der Waals surface area (Å²) in [5.74, 6) is 0. The van der Waals surface area contributed by atoms with Gasteiger partial charge in [-0.1, -0.05) is 169 Å². The molecule has 0 fully saturated rings. The van der Waals surface area contributed by atoms with Crippen molar-refractivity contribution in [1.29, 1.82) is 0 Å². The summed E-state index contributed by atoms with van der Waals surface area (Å²) in [5.41, 5.74) is 16.0. The van der Waals surface area contributed by atoms with Crippen molar-refractivity contribution in [3.63, 3.8) is 0 Å². The lowest BCUT2D eigenvalue weighted by Gasteiger charge is -2.39. The molecule has 0 saturated heterocycles. The molecule has 1 spiro atoms. The van der Waals surface area contributed by atoms with E-state index in [1.165, 1.54) is 48.6 Å². The van der Waals surface area contributed by atoms with Crippen molar-refractivity contribution in [2.75, 3.05) is 0 Å². The topological polar surface area (TPSA) is 38.7 Å². The van der Waals surface area contributed by atoms with Crippen LogP contribution in [0.15, 0.2) is 210 Å². The number of hydrogen-bond donors (Lipinski definition) is 0. The van der Waals surface area contributed by atoms with Crippen LogP contribution in [0.5, 0.6) is 0 Å². The van der Waals surface area contributed by atoms with Gasteiger partial charge in [-0.05, 0) is 81.2 Å². The van der Waals surface area contributed by atoms with Gasteiger partial charge in [-0.25, -0.2) is 15.0 Å². The fourth-order valence-corrected chi connectivity index (χ4v) is 11.3. The number of para-hydroxylation sites is 1. The molecule has 3 aromatic heterocycles. The lowest BCUT2D eigenvalue weighted by Crippen LogP contribution is -2.32. The highest BCUT2D eigenvalue weighted by Gasteiger charge is 2.51. The van der Waals surface area contributed by atoms with Crippen LogP contribution in [0.3, 0.4) is 0 Å². The van der Waals surface area contributed by atoms with Crippen molar-refractivity contribution in [1.82, 2.24) is 15.0 Å². The van der Waals surface area contributed by atoms with Gasteiger partial charge in [0.2, 0.25) is 0 Å². The van der Waals surface area contributed by atoms with Crippen molar-refractivity contribution in [3.8, 4) is 44.9 Å². The summed E-state index contributed by atoms with van der Waals surface area (Å²) in [6.45, 7) is 0. The smallest absolute Gasteiger partial charge is 0.0972 e. The first-order chi connectivity index (χ1) is 29.7. The first-order valence-electron chi connectivity index (χ1n) is 20.4. The molecular formula is C56H33N3S. The number of hydrogen-bond acceptors (Lipinski definition) is 4. The second-order valence-corrected chi connectivity index (χ2v) is 16.9. The number of nitrogens with zero attached hydrogens (tertiary/aromatic N) is 3. The summed E-state index contributed by atoms with van der Waals surface area (Å²) in [4.78, 5) is 18.8. The fourth-order valence-electron chi connectivity index (χ4n) is 10.1. The molecule has 0 atom stereocenters. The van der Waals surface area contributed by atoms with E-state index < -0.39 is 5.41 Å². The predicted octanol–water partition coefficient (Wildman–Crippen LogP) is 14.3. The van der Waals surface area contributed by atoms with E-state index in [-0.39, 0.29) is 0 Å². The average Bonchev–Trinajstić information content (AvgIpc) is 3.60. The third kappa shape index (κ3) is 4.71. The summed E-state index contributed by atoms with van der Waals surface area (Å²) in [6.07, 6.45) is 0. The molecule has 8 aromatic carbocycles. The SMILES string of the molecule is c1ccc(-c2ccc3ccc4ccc(-c5cccc6c5-c5cc7c(-c8ccccc8)nc8ccccc8c7cc5C65c6ccccc6Sc6ccccc65)nc4c3n2)cc1. The van der Waals surface area contributed by atoms with Gasteiger partial charge in [0.05, 0.1) is 39.0 Å². The molecule has 11 aromatic rings. The van der Waals surface area contributed by atoms with Crippen LogP contribution >= 0.6 is 11.8 Å². The van der Waals surface area contributed by atoms with Crippen LogP contribution in [0.25, 0.3) is 88.4 Å². The normalized spacial score (nSPS) is 13.4. The number of fused-ring (bicyclic) bond motifs is 15. The van der Waals surface area contributed by atoms with E-state index in [1.807, 2.05) is 17.8 Å². The standard InChI is InChI=1S/C56H33N3S/c1-3-14-34(15-4-1)47-30-28-36-26-27-37-29-31-49(59-55(37)54(36)57-47)39-19-13-22-45-52(39)42-32-41-40(38-18-7-10-23-48(38)58-53(41)35-16-5-2-6-17-35)33-46(42)56(45)43-20-8-11-24-50(43)60-51-25-12-9-21-44(51)56/h1-33H. The Bertz CT molecular complexity index is 3530. The van der Waals surface area contributed by atoms with Crippen molar-refractivity contribution in [2.45, 2.75) is 15.2 Å². The van der Waals surface area contributed by atoms with Gasteiger partial charge in [0.15, 0.2) is 0 Å². The molecule has 0 bridgehead atoms. The summed E-state index contributed by atoms with van der Waals surface area (Å²) in [5, 5.41) is 5.63. The maximum atomic E-state index is 5.57. The number of rotatable bonds is 3. The van der Waals surface area contributed by atoms with Crippen molar-refractivity contribution in [2.24, 2.45) is 0 Å². The maximum absolute atomic E-state index is 5.57. The molecule has 0 unspecified atom stereocenters. The van der Waals surface area contributed by atoms with Gasteiger partial charge in [0.25, 0.3) is 0 Å². The summed E-state index contributed by atoms with van der Waals surface area (Å²) < 4.78 is 0. The largest absolute Gasteiger partial charge is 0.247 e. The van der Waals surface area contributed by atoms with Crippen molar-refractivity contribution >= 4 is 55.2 Å². The molecule has 13 rings (SSSR count). The minimum Gasteiger partial charge on any atom is -0.247 e. The van der Waals surface area contributed by atoms with Gasteiger partial charge in [0.1, 0.15) is 0 Å². The predicted molar refractivity (Wildman–Crippen MR) is 248 cm³/mol. The van der Waals surface area contributed by atoms with Gasteiger partial charge in [-0.3, -0.25) is 0 Å². The van der Waals surface area contributed by atoms with E-state index in [0.29, 0.717) is 0 Å². The van der Waals surface area contributed by atoms with E-state index in [2.05, 4.69) is 194 Å². The zero-order chi connectivity index (χ0) is 39.4. The summed E-state index contributed by atoms with van der Waals surface area (Å²) in [7, 11) is 0. The van der Waals surface area contributed by atoms with Crippen LogP contribution in [-0.4, -0.2) is 15.0 Å². The minimum atomic E-state index is -0.569. The highest BCUT2D eigenvalue weighted by atomic mass is 32.2. The van der Waals surface area contributed by atoms with E-state index >= 15 is 0 Å². The quantitative estimate of drug-likeness (QED) is 0.167. The molecule has 0 radical (unpaired) electrons. The second-order valence-electron chi connectivity index (χ2n) is 15.8. The first-order valence-corrected chi connectivity index (χ1v) is 21.3. The molecule has 4 heterocycles. The molecule has 0 N–H and O–H groups in total. The summed E-state index contributed by atoms with van der Waals surface area (Å²) >= 11 is 1.87. The van der Waals surface area contributed by atoms with Crippen LogP contribution in [0.4, 0.5) is 0 Å². The van der Waals surface area contributed by atoms with Crippen LogP contribution in [0.1, 0.15) is 22.3 Å². The first kappa shape index (κ1) is 33.6. The molecule has 1 aliphatic heterocycles. The lowest BCUT2D eigenvalue weighted by molar-refractivity contribution is 0.723. The monoisotopic (exact) mass is 779 g/mol. The fraction of sp³-hybridized carbons (Fsp3) is 0.0179. The Kier molecular flexibility index (Phi) is 7.16. The molecule has 278 valence electrons. The van der Waals surface area contributed by atoms with Crippen molar-refractivity contribution in [3.05, 3.63) is 222 Å². The van der Waals surface area contributed by atoms with E-state index in [9.17, 15) is 0 Å². The van der Waals surface area contributed by atoms with Crippen LogP contribution < -0.4 is 0 Å². The number of pyridine rings is 3. The molecule has 1 aliphatic carbocycles.